The Kier molecular flexibility index (Phi) is 9.07. The summed E-state index contributed by atoms with van der Waals surface area (Å²) in [7, 11) is 0. The molecule has 3 rings (SSSR count). The summed E-state index contributed by atoms with van der Waals surface area (Å²) < 4.78 is 2.09. The van der Waals surface area contributed by atoms with Crippen molar-refractivity contribution in [2.24, 2.45) is 11.8 Å². The van der Waals surface area contributed by atoms with Gasteiger partial charge in [-0.3, -0.25) is 9.59 Å². The number of fused-ring (bicyclic) bond motifs is 1. The first-order chi connectivity index (χ1) is 16.7. The van der Waals surface area contributed by atoms with E-state index in [0.29, 0.717) is 35.9 Å². The van der Waals surface area contributed by atoms with Crippen LogP contribution in [0.4, 0.5) is 11.6 Å². The molecule has 0 aliphatic heterocycles. The van der Waals surface area contributed by atoms with Crippen molar-refractivity contribution in [1.29, 1.82) is 0 Å². The van der Waals surface area contributed by atoms with Crippen molar-refractivity contribution >= 4 is 34.4 Å². The maximum atomic E-state index is 13.5. The van der Waals surface area contributed by atoms with Crippen LogP contribution in [-0.2, 0) is 6.54 Å². The van der Waals surface area contributed by atoms with Crippen molar-refractivity contribution in [3.8, 4) is 0 Å². The lowest BCUT2D eigenvalue weighted by molar-refractivity contribution is 0.0740. The normalized spacial score (nSPS) is 11.4. The number of hydrogen-bond donors (Lipinski definition) is 1. The molecule has 188 valence electrons. The predicted molar refractivity (Wildman–Crippen MR) is 145 cm³/mol. The number of carbonyl (C=O) groups is 2. The molecule has 1 heterocycles. The molecule has 0 radical (unpaired) electrons. The summed E-state index contributed by atoms with van der Waals surface area (Å²) in [6.45, 7) is 15.0. The Bertz CT molecular complexity index is 1130. The third-order valence-corrected chi connectivity index (χ3v) is 6.34. The van der Waals surface area contributed by atoms with E-state index in [9.17, 15) is 9.59 Å². The van der Waals surface area contributed by atoms with E-state index in [1.807, 2.05) is 54.3 Å². The van der Waals surface area contributed by atoms with Gasteiger partial charge >= 0.3 is 0 Å². The maximum Gasteiger partial charge on any atom is 0.253 e. The Morgan fingerprint density at radius 3 is 2.06 bits per heavy atom. The van der Waals surface area contributed by atoms with Crippen LogP contribution in [0.5, 0.6) is 0 Å². The molecule has 0 unspecified atom stereocenters. The van der Waals surface area contributed by atoms with Gasteiger partial charge in [0.15, 0.2) is 5.78 Å². The number of rotatable bonds is 12. The van der Waals surface area contributed by atoms with E-state index in [0.717, 1.165) is 48.6 Å². The second-order valence-electron chi connectivity index (χ2n) is 10.0. The third kappa shape index (κ3) is 6.71. The molecule has 0 saturated heterocycles. The van der Waals surface area contributed by atoms with Gasteiger partial charge in [0.05, 0.1) is 11.0 Å². The average Bonchev–Trinajstić information content (AvgIpc) is 3.19. The van der Waals surface area contributed by atoms with Crippen molar-refractivity contribution in [3.05, 3.63) is 53.6 Å². The first-order valence-corrected chi connectivity index (χ1v) is 12.9. The van der Waals surface area contributed by atoms with E-state index in [1.165, 1.54) is 0 Å². The quantitative estimate of drug-likeness (QED) is 0.288. The lowest BCUT2D eigenvalue weighted by atomic mass is 10.1. The minimum Gasteiger partial charge on any atom is -0.339 e. The van der Waals surface area contributed by atoms with Crippen LogP contribution in [0.15, 0.2) is 42.5 Å². The van der Waals surface area contributed by atoms with Gasteiger partial charge in [0, 0.05) is 42.9 Å². The van der Waals surface area contributed by atoms with E-state index >= 15 is 0 Å². The number of nitrogens with one attached hydrogen (secondary N) is 1. The van der Waals surface area contributed by atoms with Gasteiger partial charge in [-0.15, -0.1) is 0 Å². The Morgan fingerprint density at radius 1 is 0.914 bits per heavy atom. The molecule has 1 amide bonds. The van der Waals surface area contributed by atoms with E-state index in [4.69, 9.17) is 4.98 Å². The van der Waals surface area contributed by atoms with Gasteiger partial charge in [-0.05, 0) is 74.1 Å². The van der Waals surface area contributed by atoms with Gasteiger partial charge < -0.3 is 14.8 Å². The fourth-order valence-electron chi connectivity index (χ4n) is 4.07. The summed E-state index contributed by atoms with van der Waals surface area (Å²) in [4.78, 5) is 32.2. The lowest BCUT2D eigenvalue weighted by Gasteiger charge is -2.24. The number of imidazole rings is 1. The van der Waals surface area contributed by atoms with Crippen LogP contribution in [0.25, 0.3) is 11.0 Å². The molecule has 1 N–H and O–H groups in total. The number of Topliss-reactive ketones (excluding diaryl/α,β-unsaturated/α-hetero) is 1. The van der Waals surface area contributed by atoms with Crippen molar-refractivity contribution in [1.82, 2.24) is 14.5 Å². The van der Waals surface area contributed by atoms with Crippen molar-refractivity contribution in [2.45, 2.75) is 67.3 Å². The molecule has 3 aromatic rings. The number of anilines is 2. The number of amides is 1. The van der Waals surface area contributed by atoms with Crippen LogP contribution in [0, 0.1) is 11.8 Å². The van der Waals surface area contributed by atoms with Gasteiger partial charge in [0.25, 0.3) is 5.91 Å². The van der Waals surface area contributed by atoms with Crippen molar-refractivity contribution in [2.75, 3.05) is 18.4 Å². The third-order valence-electron chi connectivity index (χ3n) is 6.34. The van der Waals surface area contributed by atoms with E-state index in [1.54, 1.807) is 0 Å². The number of nitrogens with zero attached hydrogens (tertiary/aromatic N) is 3. The highest BCUT2D eigenvalue weighted by Crippen LogP contribution is 2.25. The molecule has 0 aliphatic rings. The molecule has 35 heavy (non-hydrogen) atoms. The molecule has 0 fully saturated rings. The van der Waals surface area contributed by atoms with Gasteiger partial charge in [0.2, 0.25) is 5.95 Å². The molecular formula is C29H40N4O2. The minimum atomic E-state index is 0.0859. The summed E-state index contributed by atoms with van der Waals surface area (Å²) in [5.74, 6) is 2.04. The van der Waals surface area contributed by atoms with Gasteiger partial charge in [-0.1, -0.05) is 34.6 Å². The standard InChI is InChI=1S/C29H40N4O2/c1-7-27(34)22-9-12-24(13-10-22)30-29-31-25-14-11-23(19-26(25)33(29)8-2)28(35)32(17-15-20(3)4)18-16-21(5)6/h9-14,19-21H,7-8,15-18H2,1-6H3,(H,30,31). The van der Waals surface area contributed by atoms with Crippen molar-refractivity contribution < 1.29 is 9.59 Å². The summed E-state index contributed by atoms with van der Waals surface area (Å²) in [6, 6.07) is 13.3. The molecule has 2 aromatic carbocycles. The second-order valence-corrected chi connectivity index (χ2v) is 10.0. The molecule has 0 aliphatic carbocycles. The van der Waals surface area contributed by atoms with Gasteiger partial charge in [-0.25, -0.2) is 4.98 Å². The van der Waals surface area contributed by atoms with Crippen molar-refractivity contribution in [3.63, 3.8) is 0 Å². The fourth-order valence-corrected chi connectivity index (χ4v) is 4.07. The lowest BCUT2D eigenvalue weighted by Crippen LogP contribution is -2.34. The van der Waals surface area contributed by atoms with Crippen LogP contribution < -0.4 is 5.32 Å². The zero-order valence-corrected chi connectivity index (χ0v) is 22.1. The largest absolute Gasteiger partial charge is 0.339 e. The monoisotopic (exact) mass is 476 g/mol. The van der Waals surface area contributed by atoms with E-state index in [2.05, 4.69) is 44.5 Å². The Morgan fingerprint density at radius 2 is 1.51 bits per heavy atom. The number of aryl methyl sites for hydroxylation is 1. The summed E-state index contributed by atoms with van der Waals surface area (Å²) >= 11 is 0. The molecule has 1 aromatic heterocycles. The number of ketones is 1. The highest BCUT2D eigenvalue weighted by molar-refractivity contribution is 5.98. The van der Waals surface area contributed by atoms with Gasteiger partial charge in [-0.2, -0.15) is 0 Å². The molecule has 6 nitrogen and oxygen atoms in total. The number of aromatic nitrogens is 2. The molecule has 0 bridgehead atoms. The molecule has 6 heteroatoms. The van der Waals surface area contributed by atoms with Gasteiger partial charge in [0.1, 0.15) is 0 Å². The highest BCUT2D eigenvalue weighted by Gasteiger charge is 2.19. The highest BCUT2D eigenvalue weighted by atomic mass is 16.2. The Labute approximate surface area is 209 Å². The minimum absolute atomic E-state index is 0.0859. The molecule has 0 saturated carbocycles. The van der Waals surface area contributed by atoms with E-state index < -0.39 is 0 Å². The smallest absolute Gasteiger partial charge is 0.253 e. The van der Waals surface area contributed by atoms with Crippen LogP contribution >= 0.6 is 0 Å². The van der Waals surface area contributed by atoms with Crippen LogP contribution in [0.1, 0.15) is 81.5 Å². The number of hydrogen-bond acceptors (Lipinski definition) is 4. The zero-order valence-electron chi connectivity index (χ0n) is 22.1. The first-order valence-electron chi connectivity index (χ1n) is 12.9. The van der Waals surface area contributed by atoms with Crippen LogP contribution in [0.3, 0.4) is 0 Å². The second kappa shape index (κ2) is 12.0. The van der Waals surface area contributed by atoms with Crippen LogP contribution in [0.2, 0.25) is 0 Å². The molecule has 0 spiro atoms. The summed E-state index contributed by atoms with van der Waals surface area (Å²) in [5, 5.41) is 3.38. The summed E-state index contributed by atoms with van der Waals surface area (Å²) in [5.41, 5.74) is 4.07. The fraction of sp³-hybridized carbons (Fsp3) is 0.483. The van der Waals surface area contributed by atoms with Crippen LogP contribution in [-0.4, -0.2) is 39.2 Å². The number of carbonyl (C=O) groups excluding carboxylic acids is 2. The molecule has 0 atom stereocenters. The Hall–Kier alpha value is -3.15. The maximum absolute atomic E-state index is 13.5. The molecular weight excluding hydrogens is 436 g/mol. The summed E-state index contributed by atoms with van der Waals surface area (Å²) in [6.07, 6.45) is 2.48. The topological polar surface area (TPSA) is 67.2 Å². The number of benzene rings is 2. The predicted octanol–water partition coefficient (Wildman–Crippen LogP) is 6.93. The SMILES string of the molecule is CCC(=O)c1ccc(Nc2nc3ccc(C(=O)N(CCC(C)C)CCC(C)C)cc3n2CC)cc1. The average molecular weight is 477 g/mol. The zero-order chi connectivity index (χ0) is 25.5. The Balaban J connectivity index is 1.87. The van der Waals surface area contributed by atoms with E-state index in [-0.39, 0.29) is 11.7 Å². The first kappa shape index (κ1) is 26.5.